The van der Waals surface area contributed by atoms with E-state index in [9.17, 15) is 4.79 Å². The molecule has 0 N–H and O–H groups in total. The molecule has 94 valence electrons. The molecule has 19 heavy (non-hydrogen) atoms. The summed E-state index contributed by atoms with van der Waals surface area (Å²) in [5.41, 5.74) is 5.05. The van der Waals surface area contributed by atoms with Crippen molar-refractivity contribution in [2.24, 2.45) is 0 Å². The van der Waals surface area contributed by atoms with Gasteiger partial charge in [0.15, 0.2) is 0 Å². The number of nitrogens with zero attached hydrogens (tertiary/aromatic N) is 2. The van der Waals surface area contributed by atoms with E-state index in [1.54, 1.807) is 0 Å². The fourth-order valence-corrected chi connectivity index (χ4v) is 2.23. The second kappa shape index (κ2) is 4.69. The van der Waals surface area contributed by atoms with Crippen molar-refractivity contribution in [1.29, 1.82) is 0 Å². The second-order valence-electron chi connectivity index (χ2n) is 4.49. The van der Waals surface area contributed by atoms with Crippen LogP contribution in [0.4, 0.5) is 0 Å². The molecule has 0 aliphatic heterocycles. The van der Waals surface area contributed by atoms with Crippen LogP contribution in [0.25, 0.3) is 16.8 Å². The minimum atomic E-state index is 0.693. The van der Waals surface area contributed by atoms with Gasteiger partial charge in [0.25, 0.3) is 0 Å². The maximum Gasteiger partial charge on any atom is 0.150 e. The van der Waals surface area contributed by atoms with Crippen molar-refractivity contribution in [3.8, 4) is 11.1 Å². The molecule has 0 unspecified atom stereocenters. The molecule has 3 rings (SSSR count). The van der Waals surface area contributed by atoms with Crippen molar-refractivity contribution in [1.82, 2.24) is 9.38 Å². The van der Waals surface area contributed by atoms with Gasteiger partial charge in [0.05, 0.1) is 0 Å². The molecule has 0 radical (unpaired) electrons. The van der Waals surface area contributed by atoms with E-state index in [4.69, 9.17) is 0 Å². The van der Waals surface area contributed by atoms with E-state index in [2.05, 4.69) is 28.4 Å². The maximum absolute atomic E-state index is 10.7. The predicted octanol–water partition coefficient (Wildman–Crippen LogP) is 3.38. The summed E-state index contributed by atoms with van der Waals surface area (Å²) in [6, 6.07) is 11.7. The Morgan fingerprint density at radius 1 is 1.16 bits per heavy atom. The van der Waals surface area contributed by atoms with Gasteiger partial charge in [0, 0.05) is 23.7 Å². The summed E-state index contributed by atoms with van der Waals surface area (Å²) in [7, 11) is 0. The van der Waals surface area contributed by atoms with Crippen molar-refractivity contribution in [2.75, 3.05) is 0 Å². The summed E-state index contributed by atoms with van der Waals surface area (Å²) in [6.45, 7) is 2.12. The molecule has 0 aliphatic carbocycles. The molecule has 3 nitrogen and oxygen atoms in total. The van der Waals surface area contributed by atoms with Crippen LogP contribution in [0, 0.1) is 0 Å². The summed E-state index contributed by atoms with van der Waals surface area (Å²) < 4.78 is 2.10. The highest BCUT2D eigenvalue weighted by molar-refractivity contribution is 5.77. The molecule has 2 aromatic heterocycles. The van der Waals surface area contributed by atoms with Crippen molar-refractivity contribution >= 4 is 11.9 Å². The average molecular weight is 250 g/mol. The van der Waals surface area contributed by atoms with Crippen LogP contribution in [0.15, 0.2) is 48.8 Å². The molecule has 0 amide bonds. The fraction of sp³-hybridized carbons (Fsp3) is 0.125. The topological polar surface area (TPSA) is 34.4 Å². The molecule has 0 spiro atoms. The smallest absolute Gasteiger partial charge is 0.150 e. The molecule has 3 heteroatoms. The molecule has 1 aromatic carbocycles. The number of carbonyl (C=O) groups is 1. The van der Waals surface area contributed by atoms with E-state index < -0.39 is 0 Å². The molecule has 0 saturated heterocycles. The lowest BCUT2D eigenvalue weighted by atomic mass is 10.1. The van der Waals surface area contributed by atoms with Crippen LogP contribution in [0.2, 0.25) is 0 Å². The molecule has 0 fully saturated rings. The average Bonchev–Trinajstić information content (AvgIpc) is 2.89. The standard InChI is InChI=1S/C16H14N2O/c1-2-15-10-17-16-9-14(7-8-18(15)16)13-5-3-12(11-19)4-6-13/h3-11H,2H2,1H3. The lowest BCUT2D eigenvalue weighted by Gasteiger charge is -2.04. The zero-order valence-corrected chi connectivity index (χ0v) is 10.7. The first kappa shape index (κ1) is 11.7. The van der Waals surface area contributed by atoms with E-state index in [0.717, 1.165) is 29.5 Å². The van der Waals surface area contributed by atoms with Gasteiger partial charge in [-0.3, -0.25) is 4.79 Å². The van der Waals surface area contributed by atoms with E-state index in [0.29, 0.717) is 5.56 Å². The molecule has 3 aromatic rings. The predicted molar refractivity (Wildman–Crippen MR) is 75.4 cm³/mol. The van der Waals surface area contributed by atoms with Gasteiger partial charge in [0.1, 0.15) is 11.9 Å². The molecule has 0 atom stereocenters. The summed E-state index contributed by atoms with van der Waals surface area (Å²) in [5.74, 6) is 0. The highest BCUT2D eigenvalue weighted by atomic mass is 16.1. The Kier molecular flexibility index (Phi) is 2.88. The van der Waals surface area contributed by atoms with Gasteiger partial charge in [-0.05, 0) is 29.7 Å². The third-order valence-electron chi connectivity index (χ3n) is 3.33. The highest BCUT2D eigenvalue weighted by Crippen LogP contribution is 2.21. The largest absolute Gasteiger partial charge is 0.304 e. The van der Waals surface area contributed by atoms with Crippen LogP contribution in [-0.4, -0.2) is 15.7 Å². The van der Waals surface area contributed by atoms with Crippen molar-refractivity contribution < 1.29 is 4.79 Å². The Morgan fingerprint density at radius 3 is 2.63 bits per heavy atom. The van der Waals surface area contributed by atoms with E-state index in [1.165, 1.54) is 5.69 Å². The van der Waals surface area contributed by atoms with Crippen molar-refractivity contribution in [3.63, 3.8) is 0 Å². The molecule has 2 heterocycles. The first-order chi connectivity index (χ1) is 9.31. The lowest BCUT2D eigenvalue weighted by Crippen LogP contribution is -1.90. The van der Waals surface area contributed by atoms with Crippen LogP contribution in [-0.2, 0) is 6.42 Å². The number of fused-ring (bicyclic) bond motifs is 1. The minimum Gasteiger partial charge on any atom is -0.304 e. The van der Waals surface area contributed by atoms with Gasteiger partial charge in [-0.25, -0.2) is 4.98 Å². The van der Waals surface area contributed by atoms with Gasteiger partial charge >= 0.3 is 0 Å². The highest BCUT2D eigenvalue weighted by Gasteiger charge is 2.04. The van der Waals surface area contributed by atoms with Gasteiger partial charge in [-0.15, -0.1) is 0 Å². The number of hydrogen-bond donors (Lipinski definition) is 0. The molecular formula is C16H14N2O. The summed E-state index contributed by atoms with van der Waals surface area (Å²) in [4.78, 5) is 15.1. The van der Waals surface area contributed by atoms with Crippen LogP contribution < -0.4 is 0 Å². The first-order valence-corrected chi connectivity index (χ1v) is 6.33. The molecular weight excluding hydrogens is 236 g/mol. The fourth-order valence-electron chi connectivity index (χ4n) is 2.23. The summed E-state index contributed by atoms with van der Waals surface area (Å²) in [6.07, 6.45) is 5.78. The van der Waals surface area contributed by atoms with Crippen LogP contribution >= 0.6 is 0 Å². The third kappa shape index (κ3) is 2.03. The summed E-state index contributed by atoms with van der Waals surface area (Å²) in [5, 5.41) is 0. The number of benzene rings is 1. The van der Waals surface area contributed by atoms with Crippen molar-refractivity contribution in [2.45, 2.75) is 13.3 Å². The van der Waals surface area contributed by atoms with Gasteiger partial charge in [0.2, 0.25) is 0 Å². The Morgan fingerprint density at radius 2 is 1.95 bits per heavy atom. The Bertz CT molecular complexity index is 726. The molecule has 0 aliphatic rings. The zero-order chi connectivity index (χ0) is 13.2. The monoisotopic (exact) mass is 250 g/mol. The Balaban J connectivity index is 2.06. The number of aryl methyl sites for hydroxylation is 1. The lowest BCUT2D eigenvalue weighted by molar-refractivity contribution is 0.112. The minimum absolute atomic E-state index is 0.693. The van der Waals surface area contributed by atoms with Crippen LogP contribution in [0.3, 0.4) is 0 Å². The summed E-state index contributed by atoms with van der Waals surface area (Å²) >= 11 is 0. The van der Waals surface area contributed by atoms with Gasteiger partial charge in [-0.2, -0.15) is 0 Å². The normalized spacial score (nSPS) is 10.8. The number of rotatable bonds is 3. The second-order valence-corrected chi connectivity index (χ2v) is 4.49. The van der Waals surface area contributed by atoms with Gasteiger partial charge in [-0.1, -0.05) is 31.2 Å². The van der Waals surface area contributed by atoms with Crippen molar-refractivity contribution in [3.05, 3.63) is 60.0 Å². The first-order valence-electron chi connectivity index (χ1n) is 6.33. The number of carbonyl (C=O) groups excluding carboxylic acids is 1. The zero-order valence-electron chi connectivity index (χ0n) is 10.7. The number of aldehydes is 1. The Hall–Kier alpha value is -2.42. The third-order valence-corrected chi connectivity index (χ3v) is 3.33. The van der Waals surface area contributed by atoms with E-state index in [1.807, 2.05) is 36.7 Å². The SMILES string of the molecule is CCc1cnc2cc(-c3ccc(C=O)cc3)ccn12. The maximum atomic E-state index is 10.7. The van der Waals surface area contributed by atoms with Gasteiger partial charge < -0.3 is 4.40 Å². The van der Waals surface area contributed by atoms with E-state index >= 15 is 0 Å². The molecule has 0 bridgehead atoms. The number of pyridine rings is 1. The molecule has 0 saturated carbocycles. The van der Waals surface area contributed by atoms with Crippen LogP contribution in [0.5, 0.6) is 0 Å². The van der Waals surface area contributed by atoms with Crippen LogP contribution in [0.1, 0.15) is 23.0 Å². The number of imidazole rings is 1. The van der Waals surface area contributed by atoms with E-state index in [-0.39, 0.29) is 0 Å². The number of hydrogen-bond acceptors (Lipinski definition) is 2. The number of aromatic nitrogens is 2. The quantitative estimate of drug-likeness (QED) is 0.668. The Labute approximate surface area is 111 Å².